The Labute approximate surface area is 200 Å². The molecule has 0 spiro atoms. The van der Waals surface area contributed by atoms with Crippen molar-refractivity contribution in [3.05, 3.63) is 42.4 Å². The van der Waals surface area contributed by atoms with Crippen LogP contribution in [-0.2, 0) is 4.79 Å². The molecule has 0 unspecified atom stereocenters. The molecule has 0 bridgehead atoms. The van der Waals surface area contributed by atoms with Crippen molar-refractivity contribution in [1.82, 2.24) is 14.9 Å². The first-order chi connectivity index (χ1) is 16.3. The Morgan fingerprint density at radius 3 is 2.62 bits per heavy atom. The summed E-state index contributed by atoms with van der Waals surface area (Å²) in [6.45, 7) is 7.74. The van der Waals surface area contributed by atoms with Crippen molar-refractivity contribution in [3.8, 4) is 11.5 Å². The second-order valence-electron chi connectivity index (χ2n) is 9.50. The summed E-state index contributed by atoms with van der Waals surface area (Å²) in [7, 11) is 1.61. The number of carbonyl (C=O) groups excluding carboxylic acids is 1. The molecule has 2 aliphatic rings. The summed E-state index contributed by atoms with van der Waals surface area (Å²) < 4.78 is 11.8. The first-order valence-corrected chi connectivity index (χ1v) is 11.8. The summed E-state index contributed by atoms with van der Waals surface area (Å²) in [6.07, 6.45) is 1.93. The van der Waals surface area contributed by atoms with Gasteiger partial charge >= 0.3 is 0 Å². The number of aliphatic hydroxyl groups excluding tert-OH is 2. The van der Waals surface area contributed by atoms with Crippen LogP contribution in [0.5, 0.6) is 11.5 Å². The number of carbonyl (C=O) groups is 1. The lowest BCUT2D eigenvalue weighted by molar-refractivity contribution is -0.139. The highest BCUT2D eigenvalue weighted by atomic mass is 16.5. The van der Waals surface area contributed by atoms with Crippen LogP contribution in [0.3, 0.4) is 0 Å². The van der Waals surface area contributed by atoms with Gasteiger partial charge in [0.2, 0.25) is 0 Å². The van der Waals surface area contributed by atoms with Crippen LogP contribution in [0, 0.1) is 5.41 Å². The number of ether oxygens (including phenoxy) is 2. The normalized spacial score (nSPS) is 24.5. The maximum absolute atomic E-state index is 12.7. The molecule has 2 aromatic rings. The number of rotatable bonds is 8. The van der Waals surface area contributed by atoms with Crippen molar-refractivity contribution < 1.29 is 24.5 Å². The van der Waals surface area contributed by atoms with E-state index in [-0.39, 0.29) is 17.9 Å². The van der Waals surface area contributed by atoms with Gasteiger partial charge in [0.05, 0.1) is 26.3 Å². The average Bonchev–Trinajstić information content (AvgIpc) is 3.19. The zero-order chi connectivity index (χ0) is 24.5. The molecule has 1 amide bonds. The number of hydrogen-bond acceptors (Lipinski definition) is 8. The largest absolute Gasteiger partial charge is 0.493 e. The minimum Gasteiger partial charge on any atom is -0.493 e. The molecule has 3 heterocycles. The van der Waals surface area contributed by atoms with Crippen LogP contribution >= 0.6 is 0 Å². The third-order valence-corrected chi connectivity index (χ3v) is 7.29. The zero-order valence-electron chi connectivity index (χ0n) is 20.2. The minimum absolute atomic E-state index is 0.0105. The second kappa shape index (κ2) is 9.76. The Kier molecular flexibility index (Phi) is 6.95. The van der Waals surface area contributed by atoms with E-state index in [0.717, 1.165) is 11.4 Å². The first-order valence-electron chi connectivity index (χ1n) is 11.8. The van der Waals surface area contributed by atoms with E-state index in [1.807, 2.05) is 31.2 Å². The number of methoxy groups -OCH3 is 1. The number of amides is 1. The van der Waals surface area contributed by atoms with E-state index < -0.39 is 17.6 Å². The number of anilines is 1. The third-order valence-electron chi connectivity index (χ3n) is 7.29. The molecule has 2 saturated heterocycles. The van der Waals surface area contributed by atoms with Crippen LogP contribution in [0.4, 0.5) is 5.82 Å². The molecule has 4 rings (SSSR count). The molecule has 2 fully saturated rings. The van der Waals surface area contributed by atoms with Crippen LogP contribution in [0.1, 0.15) is 38.7 Å². The van der Waals surface area contributed by atoms with Gasteiger partial charge in [-0.1, -0.05) is 19.9 Å². The lowest BCUT2D eigenvalue weighted by atomic mass is 9.72. The predicted molar refractivity (Wildman–Crippen MR) is 127 cm³/mol. The smallest absolute Gasteiger partial charge is 0.251 e. The van der Waals surface area contributed by atoms with E-state index in [4.69, 9.17) is 9.47 Å². The minimum atomic E-state index is -1.02. The standard InChI is InChI=1S/C25H34N4O5/c1-5-20(31)24(32)29-13-19(25(3,14-29)16(2)30)17-6-7-21(33-4)22(10-17)34-18-11-28(12-18)23-8-9-26-15-27-23/h6-10,15-16,18-20,30-31H,5,11-14H2,1-4H3/t16-,19+,20+,25+/m1/s1. The highest BCUT2D eigenvalue weighted by Gasteiger charge is 2.49. The number of aliphatic hydroxyl groups is 2. The molecule has 34 heavy (non-hydrogen) atoms. The molecule has 0 saturated carbocycles. The van der Waals surface area contributed by atoms with Gasteiger partial charge in [0.1, 0.15) is 24.4 Å². The summed E-state index contributed by atoms with van der Waals surface area (Å²) in [4.78, 5) is 24.7. The Balaban J connectivity index is 1.53. The molecule has 2 aliphatic heterocycles. The number of likely N-dealkylation sites (tertiary alicyclic amines) is 1. The van der Waals surface area contributed by atoms with Gasteiger partial charge in [0.25, 0.3) is 5.91 Å². The molecule has 184 valence electrons. The summed E-state index contributed by atoms with van der Waals surface area (Å²) >= 11 is 0. The van der Waals surface area contributed by atoms with Crippen molar-refractivity contribution in [2.45, 2.75) is 51.4 Å². The van der Waals surface area contributed by atoms with Gasteiger partial charge in [-0.15, -0.1) is 0 Å². The molecule has 9 heteroatoms. The SMILES string of the molecule is CC[C@H](O)C(=O)N1C[C@@H](c2ccc(OC)c(OC3CN(c4ccncn4)C3)c2)[C@](C)([C@@H](C)O)C1. The fourth-order valence-electron chi connectivity index (χ4n) is 4.83. The van der Waals surface area contributed by atoms with Crippen molar-refractivity contribution in [2.24, 2.45) is 5.41 Å². The monoisotopic (exact) mass is 470 g/mol. The number of benzene rings is 1. The molecule has 0 aliphatic carbocycles. The Bertz CT molecular complexity index is 998. The predicted octanol–water partition coefficient (Wildman–Crippen LogP) is 1.84. The van der Waals surface area contributed by atoms with Crippen molar-refractivity contribution in [2.75, 3.05) is 38.2 Å². The Hall–Kier alpha value is -2.91. The molecular weight excluding hydrogens is 436 g/mol. The van der Waals surface area contributed by atoms with Gasteiger partial charge in [-0.3, -0.25) is 4.79 Å². The highest BCUT2D eigenvalue weighted by molar-refractivity contribution is 5.81. The molecular formula is C25H34N4O5. The van der Waals surface area contributed by atoms with Crippen molar-refractivity contribution in [3.63, 3.8) is 0 Å². The Morgan fingerprint density at radius 1 is 1.24 bits per heavy atom. The fourth-order valence-corrected chi connectivity index (χ4v) is 4.83. The first kappa shape index (κ1) is 24.2. The van der Waals surface area contributed by atoms with Crippen molar-refractivity contribution in [1.29, 1.82) is 0 Å². The van der Waals surface area contributed by atoms with E-state index >= 15 is 0 Å². The fraction of sp³-hybridized carbons (Fsp3) is 0.560. The Morgan fingerprint density at radius 2 is 2.00 bits per heavy atom. The summed E-state index contributed by atoms with van der Waals surface area (Å²) in [6, 6.07) is 7.67. The average molecular weight is 471 g/mol. The van der Waals surface area contributed by atoms with Crippen LogP contribution in [-0.4, -0.2) is 82.6 Å². The molecule has 1 aromatic carbocycles. The van der Waals surface area contributed by atoms with Crippen LogP contribution in [0.25, 0.3) is 0 Å². The molecule has 4 atom stereocenters. The van der Waals surface area contributed by atoms with E-state index in [2.05, 4.69) is 14.9 Å². The van der Waals surface area contributed by atoms with E-state index in [9.17, 15) is 15.0 Å². The molecule has 9 nitrogen and oxygen atoms in total. The molecule has 2 N–H and O–H groups in total. The van der Waals surface area contributed by atoms with E-state index in [0.29, 0.717) is 44.1 Å². The molecule has 0 radical (unpaired) electrons. The lowest BCUT2D eigenvalue weighted by Gasteiger charge is -2.40. The number of aromatic nitrogens is 2. The van der Waals surface area contributed by atoms with Gasteiger partial charge in [-0.25, -0.2) is 9.97 Å². The summed E-state index contributed by atoms with van der Waals surface area (Å²) in [5.41, 5.74) is 0.405. The highest BCUT2D eigenvalue weighted by Crippen LogP contribution is 2.47. The van der Waals surface area contributed by atoms with E-state index in [1.165, 1.54) is 6.33 Å². The summed E-state index contributed by atoms with van der Waals surface area (Å²) in [5, 5.41) is 20.8. The van der Waals surface area contributed by atoms with Crippen LogP contribution in [0.2, 0.25) is 0 Å². The quantitative estimate of drug-likeness (QED) is 0.602. The van der Waals surface area contributed by atoms with Gasteiger partial charge in [0.15, 0.2) is 11.5 Å². The molecule has 1 aromatic heterocycles. The summed E-state index contributed by atoms with van der Waals surface area (Å²) in [5.74, 6) is 1.73. The topological polar surface area (TPSA) is 108 Å². The van der Waals surface area contributed by atoms with Gasteiger partial charge in [-0.05, 0) is 37.1 Å². The van der Waals surface area contributed by atoms with Crippen molar-refractivity contribution >= 4 is 11.7 Å². The third kappa shape index (κ3) is 4.54. The number of hydrogen-bond donors (Lipinski definition) is 2. The maximum atomic E-state index is 12.7. The second-order valence-corrected chi connectivity index (χ2v) is 9.50. The van der Waals surface area contributed by atoms with Crippen LogP contribution in [0.15, 0.2) is 36.8 Å². The maximum Gasteiger partial charge on any atom is 0.251 e. The van der Waals surface area contributed by atoms with Gasteiger partial charge in [0, 0.05) is 30.6 Å². The van der Waals surface area contributed by atoms with E-state index in [1.54, 1.807) is 32.1 Å². The van der Waals surface area contributed by atoms with Crippen LogP contribution < -0.4 is 14.4 Å². The lowest BCUT2D eigenvalue weighted by Crippen LogP contribution is -2.54. The number of nitrogens with zero attached hydrogens (tertiary/aromatic N) is 4. The van der Waals surface area contributed by atoms with Gasteiger partial charge in [-0.2, -0.15) is 0 Å². The van der Waals surface area contributed by atoms with Gasteiger partial charge < -0.3 is 29.5 Å². The zero-order valence-corrected chi connectivity index (χ0v) is 20.2.